The minimum Gasteiger partial charge on any atom is -0.493 e. The first-order chi connectivity index (χ1) is 14.6. The van der Waals surface area contributed by atoms with Crippen LogP contribution in [0.5, 0.6) is 5.75 Å². The Morgan fingerprint density at radius 2 is 1.87 bits per heavy atom. The predicted octanol–water partition coefficient (Wildman–Crippen LogP) is 3.47. The lowest BCUT2D eigenvalue weighted by molar-refractivity contribution is 0.261. The van der Waals surface area contributed by atoms with Gasteiger partial charge in [0.2, 0.25) is 0 Å². The number of rotatable bonds is 5. The summed E-state index contributed by atoms with van der Waals surface area (Å²) in [6.07, 6.45) is 0.896. The van der Waals surface area contributed by atoms with Crippen LogP contribution in [-0.4, -0.2) is 56.7 Å². The Morgan fingerprint density at radius 3 is 2.68 bits per heavy atom. The number of hydrogen-bond donors (Lipinski definition) is 2. The molecule has 1 fully saturated rings. The van der Waals surface area contributed by atoms with Gasteiger partial charge in [0, 0.05) is 50.4 Å². The maximum atomic E-state index is 6.18. The summed E-state index contributed by atoms with van der Waals surface area (Å²) in [6, 6.07) is 14.9. The average Bonchev–Trinajstić information content (AvgIpc) is 2.77. The molecule has 0 saturated carbocycles. The molecule has 0 radical (unpaired) electrons. The van der Waals surface area contributed by atoms with Crippen LogP contribution in [-0.2, 0) is 0 Å². The second-order valence-electron chi connectivity index (χ2n) is 8.19. The van der Waals surface area contributed by atoms with Crippen molar-refractivity contribution < 1.29 is 4.74 Å². The quantitative estimate of drug-likeness (QED) is 0.349. The molecular weight excluding hydrogens is 501 g/mol. The summed E-state index contributed by atoms with van der Waals surface area (Å²) >= 11 is 0. The van der Waals surface area contributed by atoms with E-state index in [1.807, 2.05) is 18.2 Å². The number of nitrogens with one attached hydrogen (secondary N) is 1. The van der Waals surface area contributed by atoms with Gasteiger partial charge in [0.15, 0.2) is 5.96 Å². The van der Waals surface area contributed by atoms with Gasteiger partial charge >= 0.3 is 0 Å². The van der Waals surface area contributed by atoms with Gasteiger partial charge in [-0.3, -0.25) is 9.89 Å². The highest BCUT2D eigenvalue weighted by Gasteiger charge is 2.21. The molecular formula is C24H34IN5O. The predicted molar refractivity (Wildman–Crippen MR) is 139 cm³/mol. The number of piperazine rings is 1. The van der Waals surface area contributed by atoms with E-state index in [0.717, 1.165) is 50.5 Å². The van der Waals surface area contributed by atoms with Crippen molar-refractivity contribution in [3.8, 4) is 5.75 Å². The van der Waals surface area contributed by atoms with E-state index < -0.39 is 0 Å². The number of guanidine groups is 1. The fourth-order valence-electron chi connectivity index (χ4n) is 4.32. The number of aryl methyl sites for hydroxylation is 1. The fraction of sp³-hybridized carbons (Fsp3) is 0.458. The van der Waals surface area contributed by atoms with Crippen LogP contribution >= 0.6 is 24.0 Å². The summed E-state index contributed by atoms with van der Waals surface area (Å²) in [6.45, 7) is 11.0. The molecule has 2 aromatic carbocycles. The molecule has 0 aromatic heterocycles. The number of halogens is 1. The number of nitrogens with two attached hydrogens (primary N) is 1. The second-order valence-corrected chi connectivity index (χ2v) is 8.19. The summed E-state index contributed by atoms with van der Waals surface area (Å²) < 4.78 is 5.72. The third kappa shape index (κ3) is 5.83. The number of hydrogen-bond acceptors (Lipinski definition) is 4. The van der Waals surface area contributed by atoms with Crippen LogP contribution < -0.4 is 20.7 Å². The van der Waals surface area contributed by atoms with Gasteiger partial charge in [-0.2, -0.15) is 0 Å². The number of aliphatic imine (C=N–C) groups is 1. The number of para-hydroxylation sites is 1. The van der Waals surface area contributed by atoms with Gasteiger partial charge in [-0.05, 0) is 37.1 Å². The molecule has 7 heteroatoms. The molecule has 1 atom stereocenters. The molecule has 1 saturated heterocycles. The standard InChI is InChI=1S/C24H33N5O.HI/c1-18-6-5-8-22(19(18)2)29-15-13-28(14-16-29)12-11-26-24(25)27-21-10-17-30-23-9-4-3-7-20(21)23;/h3-9,21H,10-17H2,1-2H3,(H3,25,26,27);1H. The molecule has 168 valence electrons. The minimum atomic E-state index is 0. The lowest BCUT2D eigenvalue weighted by Crippen LogP contribution is -2.47. The number of nitrogens with zero attached hydrogens (tertiary/aromatic N) is 3. The van der Waals surface area contributed by atoms with Crippen molar-refractivity contribution in [3.63, 3.8) is 0 Å². The maximum Gasteiger partial charge on any atom is 0.189 e. The topological polar surface area (TPSA) is 66.1 Å². The summed E-state index contributed by atoms with van der Waals surface area (Å²) in [5.41, 5.74) is 11.5. The molecule has 3 N–H and O–H groups in total. The molecule has 2 aliphatic heterocycles. The maximum absolute atomic E-state index is 6.18. The van der Waals surface area contributed by atoms with E-state index in [1.54, 1.807) is 0 Å². The molecule has 4 rings (SSSR count). The Labute approximate surface area is 202 Å². The Kier molecular flexibility index (Phi) is 8.43. The highest BCUT2D eigenvalue weighted by molar-refractivity contribution is 14.0. The van der Waals surface area contributed by atoms with Crippen LogP contribution in [0.4, 0.5) is 5.69 Å². The van der Waals surface area contributed by atoms with Gasteiger partial charge in [0.05, 0.1) is 19.2 Å². The van der Waals surface area contributed by atoms with Crippen molar-refractivity contribution in [2.75, 3.05) is 50.8 Å². The van der Waals surface area contributed by atoms with E-state index in [4.69, 9.17) is 10.5 Å². The van der Waals surface area contributed by atoms with E-state index in [1.165, 1.54) is 16.8 Å². The molecule has 6 nitrogen and oxygen atoms in total. The number of anilines is 1. The lowest BCUT2D eigenvalue weighted by atomic mass is 10.0. The molecule has 2 aliphatic rings. The molecule has 0 aliphatic carbocycles. The average molecular weight is 535 g/mol. The molecule has 31 heavy (non-hydrogen) atoms. The van der Waals surface area contributed by atoms with Crippen LogP contribution in [0.2, 0.25) is 0 Å². The summed E-state index contributed by atoms with van der Waals surface area (Å²) in [7, 11) is 0. The zero-order valence-corrected chi connectivity index (χ0v) is 20.8. The highest BCUT2D eigenvalue weighted by Crippen LogP contribution is 2.31. The zero-order chi connectivity index (χ0) is 20.9. The third-order valence-electron chi connectivity index (χ3n) is 6.27. The molecule has 1 unspecified atom stereocenters. The van der Waals surface area contributed by atoms with Crippen molar-refractivity contribution in [1.29, 1.82) is 0 Å². The Bertz CT molecular complexity index is 895. The zero-order valence-electron chi connectivity index (χ0n) is 18.5. The monoisotopic (exact) mass is 535 g/mol. The largest absolute Gasteiger partial charge is 0.493 e. The van der Waals surface area contributed by atoms with E-state index in [0.29, 0.717) is 19.1 Å². The van der Waals surface area contributed by atoms with E-state index in [9.17, 15) is 0 Å². The van der Waals surface area contributed by atoms with Crippen LogP contribution in [0, 0.1) is 13.8 Å². The van der Waals surface area contributed by atoms with E-state index in [-0.39, 0.29) is 30.0 Å². The van der Waals surface area contributed by atoms with Gasteiger partial charge in [0.25, 0.3) is 0 Å². The molecule has 2 aromatic rings. The van der Waals surface area contributed by atoms with Crippen LogP contribution in [0.1, 0.15) is 29.2 Å². The van der Waals surface area contributed by atoms with Crippen molar-refractivity contribution >= 4 is 35.6 Å². The third-order valence-corrected chi connectivity index (χ3v) is 6.27. The molecule has 0 bridgehead atoms. The lowest BCUT2D eigenvalue weighted by Gasteiger charge is -2.36. The molecule has 0 amide bonds. The SMILES string of the molecule is Cc1cccc(N2CCN(CCN=C(N)NC3CCOc4ccccc43)CC2)c1C.I. The molecule has 0 spiro atoms. The van der Waals surface area contributed by atoms with Crippen molar-refractivity contribution in [1.82, 2.24) is 10.2 Å². The Balaban J connectivity index is 0.00000272. The van der Waals surface area contributed by atoms with Gasteiger partial charge in [-0.25, -0.2) is 0 Å². The second kappa shape index (κ2) is 11.0. The fourth-order valence-corrected chi connectivity index (χ4v) is 4.32. The smallest absolute Gasteiger partial charge is 0.189 e. The van der Waals surface area contributed by atoms with Crippen molar-refractivity contribution in [3.05, 3.63) is 59.2 Å². The van der Waals surface area contributed by atoms with Gasteiger partial charge in [-0.1, -0.05) is 30.3 Å². The first kappa shape index (κ1) is 23.7. The van der Waals surface area contributed by atoms with Gasteiger partial charge in [0.1, 0.15) is 5.75 Å². The van der Waals surface area contributed by atoms with E-state index in [2.05, 4.69) is 58.2 Å². The van der Waals surface area contributed by atoms with Gasteiger partial charge in [-0.15, -0.1) is 24.0 Å². The highest BCUT2D eigenvalue weighted by atomic mass is 127. The Morgan fingerprint density at radius 1 is 1.10 bits per heavy atom. The van der Waals surface area contributed by atoms with Gasteiger partial charge < -0.3 is 20.7 Å². The summed E-state index contributed by atoms with van der Waals surface area (Å²) in [5.74, 6) is 1.46. The number of ether oxygens (including phenoxy) is 1. The number of fused-ring (bicyclic) bond motifs is 1. The summed E-state index contributed by atoms with van der Waals surface area (Å²) in [4.78, 5) is 9.55. The number of benzene rings is 2. The normalized spacial score (nSPS) is 19.2. The summed E-state index contributed by atoms with van der Waals surface area (Å²) in [5, 5.41) is 3.37. The van der Waals surface area contributed by atoms with Crippen molar-refractivity contribution in [2.24, 2.45) is 10.7 Å². The minimum absolute atomic E-state index is 0. The first-order valence-corrected chi connectivity index (χ1v) is 10.9. The Hall–Kier alpha value is -2.00. The van der Waals surface area contributed by atoms with Crippen LogP contribution in [0.15, 0.2) is 47.5 Å². The van der Waals surface area contributed by atoms with Crippen LogP contribution in [0.3, 0.4) is 0 Å². The first-order valence-electron chi connectivity index (χ1n) is 10.9. The molecule has 2 heterocycles. The van der Waals surface area contributed by atoms with Crippen LogP contribution in [0.25, 0.3) is 0 Å². The van der Waals surface area contributed by atoms with E-state index >= 15 is 0 Å². The van der Waals surface area contributed by atoms with Crippen molar-refractivity contribution in [2.45, 2.75) is 26.3 Å².